The highest BCUT2D eigenvalue weighted by atomic mass is 35.5. The van der Waals surface area contributed by atoms with Gasteiger partial charge in [0.1, 0.15) is 17.2 Å². The van der Waals surface area contributed by atoms with Crippen LogP contribution in [-0.2, 0) is 11.2 Å². The monoisotopic (exact) mass is 472 g/mol. The average molecular weight is 473 g/mol. The van der Waals surface area contributed by atoms with E-state index in [9.17, 15) is 14.9 Å². The van der Waals surface area contributed by atoms with E-state index in [1.54, 1.807) is 26.4 Å². The minimum Gasteiger partial charge on any atom is -0.497 e. The summed E-state index contributed by atoms with van der Waals surface area (Å²) in [6.07, 6.45) is 1.82. The summed E-state index contributed by atoms with van der Waals surface area (Å²) < 4.78 is 12.6. The number of rotatable bonds is 7. The molecule has 0 atom stereocenters. The van der Waals surface area contributed by atoms with Gasteiger partial charge in [0.15, 0.2) is 4.96 Å². The lowest BCUT2D eigenvalue weighted by molar-refractivity contribution is -0.383. The predicted octanol–water partition coefficient (Wildman–Crippen LogP) is 4.82. The Hall–Kier alpha value is -3.63. The standard InChI is InChI=1S/C21H17ClN4O5S/c1-30-14-4-6-19(31-2)15(9-14)17-10-25-13(11-32-21(25)24-17)8-20(27)23-16-5-3-12(22)7-18(16)26(28)29/h3-7,9-11H,8H2,1-2H3,(H,23,27). The number of amides is 1. The first kappa shape index (κ1) is 21.6. The van der Waals surface area contributed by atoms with Gasteiger partial charge in [-0.1, -0.05) is 11.6 Å². The number of aromatic nitrogens is 2. The Labute approximate surface area is 191 Å². The van der Waals surface area contributed by atoms with Gasteiger partial charge in [0.2, 0.25) is 5.91 Å². The fraction of sp³-hybridized carbons (Fsp3) is 0.143. The zero-order chi connectivity index (χ0) is 22.8. The number of imidazole rings is 1. The fourth-order valence-corrected chi connectivity index (χ4v) is 4.26. The van der Waals surface area contributed by atoms with Gasteiger partial charge in [-0.05, 0) is 30.3 Å². The van der Waals surface area contributed by atoms with Crippen LogP contribution < -0.4 is 14.8 Å². The Bertz CT molecular complexity index is 1330. The lowest BCUT2D eigenvalue weighted by Crippen LogP contribution is -2.16. The number of benzene rings is 2. The summed E-state index contributed by atoms with van der Waals surface area (Å²) in [5, 5.41) is 15.9. The van der Waals surface area contributed by atoms with Crippen molar-refractivity contribution in [3.05, 3.63) is 68.8 Å². The summed E-state index contributed by atoms with van der Waals surface area (Å²) >= 11 is 7.21. The molecule has 0 aliphatic carbocycles. The Morgan fingerprint density at radius 2 is 2.06 bits per heavy atom. The SMILES string of the molecule is COc1ccc(OC)c(-c2cn3c(CC(=O)Nc4ccc(Cl)cc4[N+](=O)[O-])csc3n2)c1. The first-order valence-electron chi connectivity index (χ1n) is 9.31. The van der Waals surface area contributed by atoms with Crippen molar-refractivity contribution in [3.63, 3.8) is 0 Å². The number of carbonyl (C=O) groups is 1. The van der Waals surface area contributed by atoms with Crippen LogP contribution in [-0.4, -0.2) is 34.4 Å². The molecule has 2 aromatic heterocycles. The zero-order valence-corrected chi connectivity index (χ0v) is 18.6. The molecule has 11 heteroatoms. The number of ether oxygens (including phenoxy) is 2. The van der Waals surface area contributed by atoms with E-state index in [0.717, 1.165) is 5.56 Å². The van der Waals surface area contributed by atoms with Crippen molar-refractivity contribution >= 4 is 45.2 Å². The van der Waals surface area contributed by atoms with Crippen LogP contribution in [0.1, 0.15) is 5.69 Å². The minimum absolute atomic E-state index is 0.00479. The lowest BCUT2D eigenvalue weighted by Gasteiger charge is -2.08. The second kappa shape index (κ2) is 8.85. The number of hydrogen-bond acceptors (Lipinski definition) is 7. The number of anilines is 1. The Morgan fingerprint density at radius 3 is 2.78 bits per heavy atom. The maximum atomic E-state index is 12.6. The van der Waals surface area contributed by atoms with Crippen molar-refractivity contribution in [2.75, 3.05) is 19.5 Å². The number of nitro groups is 1. The number of halogens is 1. The summed E-state index contributed by atoms with van der Waals surface area (Å²) in [7, 11) is 3.16. The molecule has 0 fully saturated rings. The van der Waals surface area contributed by atoms with Crippen LogP contribution in [0.3, 0.4) is 0 Å². The second-order valence-electron chi connectivity index (χ2n) is 6.72. The maximum Gasteiger partial charge on any atom is 0.294 e. The zero-order valence-electron chi connectivity index (χ0n) is 17.0. The molecule has 0 saturated heterocycles. The number of nitrogens with zero attached hydrogens (tertiary/aromatic N) is 3. The number of hydrogen-bond donors (Lipinski definition) is 1. The molecule has 1 amide bonds. The molecule has 4 aromatic rings. The number of nitrogens with one attached hydrogen (secondary N) is 1. The quantitative estimate of drug-likeness (QED) is 0.305. The molecule has 0 unspecified atom stereocenters. The third-order valence-corrected chi connectivity index (χ3v) is 5.86. The number of fused-ring (bicyclic) bond motifs is 1. The molecule has 2 aromatic carbocycles. The van der Waals surface area contributed by atoms with Crippen LogP contribution in [0.25, 0.3) is 16.2 Å². The molecule has 4 rings (SSSR count). The third kappa shape index (κ3) is 4.23. The Kier molecular flexibility index (Phi) is 5.97. The first-order chi connectivity index (χ1) is 15.4. The van der Waals surface area contributed by atoms with E-state index in [1.807, 2.05) is 22.0 Å². The predicted molar refractivity (Wildman–Crippen MR) is 122 cm³/mol. The van der Waals surface area contributed by atoms with E-state index >= 15 is 0 Å². The summed E-state index contributed by atoms with van der Waals surface area (Å²) in [5.41, 5.74) is 1.94. The van der Waals surface area contributed by atoms with E-state index in [2.05, 4.69) is 10.3 Å². The maximum absolute atomic E-state index is 12.6. The molecule has 0 spiro atoms. The molecule has 0 aliphatic heterocycles. The van der Waals surface area contributed by atoms with Crippen LogP contribution in [0.4, 0.5) is 11.4 Å². The minimum atomic E-state index is -0.589. The van der Waals surface area contributed by atoms with Crippen LogP contribution in [0.2, 0.25) is 5.02 Å². The van der Waals surface area contributed by atoms with Gasteiger partial charge in [-0.15, -0.1) is 11.3 Å². The Morgan fingerprint density at radius 1 is 1.25 bits per heavy atom. The summed E-state index contributed by atoms with van der Waals surface area (Å²) in [6, 6.07) is 9.52. The van der Waals surface area contributed by atoms with E-state index in [1.165, 1.54) is 29.5 Å². The molecule has 0 radical (unpaired) electrons. The molecule has 9 nitrogen and oxygen atoms in total. The molecule has 0 saturated carbocycles. The number of methoxy groups -OCH3 is 2. The van der Waals surface area contributed by atoms with Crippen LogP contribution in [0, 0.1) is 10.1 Å². The second-order valence-corrected chi connectivity index (χ2v) is 7.99. The molecule has 0 aliphatic rings. The summed E-state index contributed by atoms with van der Waals surface area (Å²) in [5.74, 6) is 0.913. The highest BCUT2D eigenvalue weighted by molar-refractivity contribution is 7.15. The molecule has 2 heterocycles. The van der Waals surface area contributed by atoms with Gasteiger partial charge >= 0.3 is 0 Å². The van der Waals surface area contributed by atoms with Gasteiger partial charge in [0, 0.05) is 33.9 Å². The molecular weight excluding hydrogens is 456 g/mol. The highest BCUT2D eigenvalue weighted by Gasteiger charge is 2.19. The van der Waals surface area contributed by atoms with Crippen molar-refractivity contribution in [1.82, 2.24) is 9.38 Å². The summed E-state index contributed by atoms with van der Waals surface area (Å²) in [6.45, 7) is 0. The van der Waals surface area contributed by atoms with Crippen molar-refractivity contribution < 1.29 is 19.2 Å². The number of nitro benzene ring substituents is 1. The van der Waals surface area contributed by atoms with Gasteiger partial charge in [-0.3, -0.25) is 19.3 Å². The van der Waals surface area contributed by atoms with Crippen molar-refractivity contribution in [2.24, 2.45) is 0 Å². The van der Waals surface area contributed by atoms with Gasteiger partial charge in [-0.2, -0.15) is 0 Å². The number of thiazole rings is 1. The lowest BCUT2D eigenvalue weighted by atomic mass is 10.1. The van der Waals surface area contributed by atoms with Gasteiger partial charge in [-0.25, -0.2) is 4.98 Å². The van der Waals surface area contributed by atoms with E-state index < -0.39 is 10.8 Å². The van der Waals surface area contributed by atoms with Crippen molar-refractivity contribution in [2.45, 2.75) is 6.42 Å². The molecule has 1 N–H and O–H groups in total. The highest BCUT2D eigenvalue weighted by Crippen LogP contribution is 2.34. The van der Waals surface area contributed by atoms with Gasteiger partial charge in [0.25, 0.3) is 5.69 Å². The van der Waals surface area contributed by atoms with E-state index in [0.29, 0.717) is 27.8 Å². The summed E-state index contributed by atoms with van der Waals surface area (Å²) in [4.78, 5) is 28.6. The molecule has 0 bridgehead atoms. The van der Waals surface area contributed by atoms with E-state index in [4.69, 9.17) is 21.1 Å². The smallest absolute Gasteiger partial charge is 0.294 e. The largest absolute Gasteiger partial charge is 0.497 e. The van der Waals surface area contributed by atoms with Gasteiger partial charge in [0.05, 0.1) is 31.3 Å². The van der Waals surface area contributed by atoms with E-state index in [-0.39, 0.29) is 22.8 Å². The molecular formula is C21H17ClN4O5S. The van der Waals surface area contributed by atoms with Gasteiger partial charge < -0.3 is 14.8 Å². The fourth-order valence-electron chi connectivity index (χ4n) is 3.22. The van der Waals surface area contributed by atoms with Crippen molar-refractivity contribution in [3.8, 4) is 22.8 Å². The topological polar surface area (TPSA) is 108 Å². The Balaban J connectivity index is 1.60. The number of carbonyl (C=O) groups excluding carboxylic acids is 1. The van der Waals surface area contributed by atoms with Crippen molar-refractivity contribution in [1.29, 1.82) is 0 Å². The molecule has 164 valence electrons. The van der Waals surface area contributed by atoms with Crippen LogP contribution in [0.5, 0.6) is 11.5 Å². The first-order valence-corrected chi connectivity index (χ1v) is 10.6. The average Bonchev–Trinajstić information content (AvgIpc) is 3.36. The van der Waals surface area contributed by atoms with Crippen LogP contribution in [0.15, 0.2) is 48.0 Å². The van der Waals surface area contributed by atoms with Crippen LogP contribution >= 0.6 is 22.9 Å². The molecule has 32 heavy (non-hydrogen) atoms. The normalized spacial score (nSPS) is 10.8. The third-order valence-electron chi connectivity index (χ3n) is 4.74.